The summed E-state index contributed by atoms with van der Waals surface area (Å²) in [6.45, 7) is 3.81. The highest BCUT2D eigenvalue weighted by Crippen LogP contribution is 2.27. The van der Waals surface area contributed by atoms with E-state index in [1.807, 2.05) is 32.2 Å². The summed E-state index contributed by atoms with van der Waals surface area (Å²) in [5.41, 5.74) is 1.18. The second kappa shape index (κ2) is 9.14. The molecule has 0 amide bonds. The monoisotopic (exact) mass is 258 g/mol. The van der Waals surface area contributed by atoms with Crippen LogP contribution in [0.3, 0.4) is 0 Å². The first-order chi connectivity index (χ1) is 7.77. The predicted molar refractivity (Wildman–Crippen MR) is 66.4 cm³/mol. The topological polar surface area (TPSA) is 30.5 Å². The lowest BCUT2D eigenvalue weighted by Crippen LogP contribution is -3.00. The molecule has 0 heterocycles. The molecule has 0 aromatic heterocycles. The zero-order valence-electron chi connectivity index (χ0n) is 10.8. The van der Waals surface area contributed by atoms with Crippen LogP contribution in [0.1, 0.15) is 18.4 Å². The van der Waals surface area contributed by atoms with E-state index in [1.165, 1.54) is 5.56 Å². The molecule has 1 aromatic carbocycles. The molecule has 0 saturated heterocycles. The Balaban J connectivity index is 0.00000256. The summed E-state index contributed by atoms with van der Waals surface area (Å²) >= 11 is 0. The molecular formula is C13H21ClNO2-. The Labute approximate surface area is 110 Å². The van der Waals surface area contributed by atoms with Gasteiger partial charge in [0.2, 0.25) is 0 Å². The molecule has 0 radical (unpaired) electrons. The van der Waals surface area contributed by atoms with E-state index in [2.05, 4.69) is 5.32 Å². The summed E-state index contributed by atoms with van der Waals surface area (Å²) in [5.74, 6) is 1.64. The Morgan fingerprint density at radius 3 is 2.59 bits per heavy atom. The fraction of sp³-hybridized carbons (Fsp3) is 0.538. The van der Waals surface area contributed by atoms with Crippen molar-refractivity contribution < 1.29 is 21.9 Å². The number of methoxy groups -OCH3 is 1. The number of aryl methyl sites for hydroxylation is 1. The Morgan fingerprint density at radius 2 is 1.94 bits per heavy atom. The highest BCUT2D eigenvalue weighted by atomic mass is 35.5. The van der Waals surface area contributed by atoms with Crippen molar-refractivity contribution in [2.45, 2.75) is 19.8 Å². The maximum atomic E-state index is 5.68. The molecule has 1 N–H and O–H groups in total. The SMILES string of the molecule is CNCCCCOc1ccc(C)cc1OC.[Cl-]. The van der Waals surface area contributed by atoms with E-state index in [4.69, 9.17) is 9.47 Å². The number of hydrogen-bond donors (Lipinski definition) is 1. The molecule has 3 nitrogen and oxygen atoms in total. The van der Waals surface area contributed by atoms with Crippen LogP contribution < -0.4 is 27.2 Å². The first kappa shape index (κ1) is 16.1. The summed E-state index contributed by atoms with van der Waals surface area (Å²) in [6, 6.07) is 5.99. The van der Waals surface area contributed by atoms with Gasteiger partial charge >= 0.3 is 0 Å². The van der Waals surface area contributed by atoms with Gasteiger partial charge in [-0.05, 0) is 51.1 Å². The quantitative estimate of drug-likeness (QED) is 0.662. The Kier molecular flexibility index (Phi) is 8.64. The largest absolute Gasteiger partial charge is 1.00 e. The van der Waals surface area contributed by atoms with Crippen LogP contribution in [0.25, 0.3) is 0 Å². The molecule has 98 valence electrons. The standard InChI is InChI=1S/C13H21NO2.ClH/c1-11-6-7-12(13(10-11)15-3)16-9-5-4-8-14-2;/h6-7,10,14H,4-5,8-9H2,1-3H3;1H/p-1. The molecule has 0 saturated carbocycles. The maximum Gasteiger partial charge on any atom is 0.161 e. The van der Waals surface area contributed by atoms with E-state index in [-0.39, 0.29) is 12.4 Å². The van der Waals surface area contributed by atoms with Crippen LogP contribution in [0, 0.1) is 6.92 Å². The average molecular weight is 259 g/mol. The van der Waals surface area contributed by atoms with Gasteiger partial charge in [0.05, 0.1) is 13.7 Å². The predicted octanol–water partition coefficient (Wildman–Crippen LogP) is -0.614. The lowest BCUT2D eigenvalue weighted by molar-refractivity contribution is -0.00000415. The Hall–Kier alpha value is -0.930. The Bertz CT molecular complexity index is 318. The van der Waals surface area contributed by atoms with Crippen molar-refractivity contribution in [2.75, 3.05) is 27.3 Å². The number of halogens is 1. The van der Waals surface area contributed by atoms with E-state index in [1.54, 1.807) is 7.11 Å². The first-order valence-electron chi connectivity index (χ1n) is 5.70. The molecule has 1 rings (SSSR count). The highest BCUT2D eigenvalue weighted by Gasteiger charge is 2.03. The van der Waals surface area contributed by atoms with Crippen LogP contribution >= 0.6 is 0 Å². The van der Waals surface area contributed by atoms with Gasteiger partial charge in [0.15, 0.2) is 11.5 Å². The van der Waals surface area contributed by atoms with Gasteiger partial charge in [0, 0.05) is 0 Å². The van der Waals surface area contributed by atoms with Crippen LogP contribution in [0.5, 0.6) is 11.5 Å². The minimum absolute atomic E-state index is 0. The summed E-state index contributed by atoms with van der Waals surface area (Å²) in [5, 5.41) is 3.12. The first-order valence-corrected chi connectivity index (χ1v) is 5.70. The fourth-order valence-electron chi connectivity index (χ4n) is 1.48. The van der Waals surface area contributed by atoms with Gasteiger partial charge in [-0.3, -0.25) is 0 Å². The summed E-state index contributed by atoms with van der Waals surface area (Å²) in [6.07, 6.45) is 2.18. The number of hydrogen-bond acceptors (Lipinski definition) is 3. The van der Waals surface area contributed by atoms with Crippen LogP contribution in [-0.4, -0.2) is 27.3 Å². The normalized spacial score (nSPS) is 9.59. The number of unbranched alkanes of at least 4 members (excludes halogenated alkanes) is 1. The summed E-state index contributed by atoms with van der Waals surface area (Å²) < 4.78 is 10.9. The van der Waals surface area contributed by atoms with Gasteiger partial charge in [-0.2, -0.15) is 0 Å². The molecule has 0 aliphatic heterocycles. The van der Waals surface area contributed by atoms with E-state index in [9.17, 15) is 0 Å². The zero-order chi connectivity index (χ0) is 11.8. The number of nitrogens with one attached hydrogen (secondary N) is 1. The molecule has 0 spiro atoms. The van der Waals surface area contributed by atoms with Gasteiger partial charge in [-0.25, -0.2) is 0 Å². The molecule has 0 atom stereocenters. The molecule has 0 unspecified atom stereocenters. The summed E-state index contributed by atoms with van der Waals surface area (Å²) in [4.78, 5) is 0. The lowest BCUT2D eigenvalue weighted by atomic mass is 10.2. The van der Waals surface area contributed by atoms with Crippen molar-refractivity contribution in [3.8, 4) is 11.5 Å². The molecule has 0 bridgehead atoms. The van der Waals surface area contributed by atoms with Gasteiger partial charge < -0.3 is 27.2 Å². The lowest BCUT2D eigenvalue weighted by Gasteiger charge is -2.11. The molecule has 1 aromatic rings. The van der Waals surface area contributed by atoms with Crippen LogP contribution in [0.15, 0.2) is 18.2 Å². The van der Waals surface area contributed by atoms with Crippen LogP contribution in [0.4, 0.5) is 0 Å². The molecule has 0 aliphatic rings. The van der Waals surface area contributed by atoms with Gasteiger partial charge in [0.1, 0.15) is 0 Å². The molecule has 4 heteroatoms. The van der Waals surface area contributed by atoms with E-state index < -0.39 is 0 Å². The fourth-order valence-corrected chi connectivity index (χ4v) is 1.48. The smallest absolute Gasteiger partial charge is 0.161 e. The molecular weight excluding hydrogens is 238 g/mol. The van der Waals surface area contributed by atoms with Gasteiger partial charge in [-0.15, -0.1) is 0 Å². The third kappa shape index (κ3) is 5.80. The number of benzene rings is 1. The highest BCUT2D eigenvalue weighted by molar-refractivity contribution is 5.42. The van der Waals surface area contributed by atoms with Crippen molar-refractivity contribution >= 4 is 0 Å². The van der Waals surface area contributed by atoms with E-state index in [0.29, 0.717) is 0 Å². The van der Waals surface area contributed by atoms with Crippen molar-refractivity contribution in [1.29, 1.82) is 0 Å². The van der Waals surface area contributed by atoms with E-state index in [0.717, 1.165) is 37.5 Å². The molecule has 0 aliphatic carbocycles. The third-order valence-electron chi connectivity index (χ3n) is 2.40. The van der Waals surface area contributed by atoms with Crippen molar-refractivity contribution in [2.24, 2.45) is 0 Å². The second-order valence-corrected chi connectivity index (χ2v) is 3.81. The summed E-state index contributed by atoms with van der Waals surface area (Å²) in [7, 11) is 3.63. The minimum Gasteiger partial charge on any atom is -1.00 e. The van der Waals surface area contributed by atoms with Crippen molar-refractivity contribution in [3.05, 3.63) is 23.8 Å². The molecule has 0 fully saturated rings. The second-order valence-electron chi connectivity index (χ2n) is 3.81. The Morgan fingerprint density at radius 1 is 1.18 bits per heavy atom. The maximum absolute atomic E-state index is 5.68. The number of rotatable bonds is 7. The van der Waals surface area contributed by atoms with Crippen molar-refractivity contribution in [3.63, 3.8) is 0 Å². The van der Waals surface area contributed by atoms with Crippen LogP contribution in [-0.2, 0) is 0 Å². The third-order valence-corrected chi connectivity index (χ3v) is 2.40. The average Bonchev–Trinajstić information content (AvgIpc) is 2.30. The minimum atomic E-state index is 0. The van der Waals surface area contributed by atoms with Crippen molar-refractivity contribution in [1.82, 2.24) is 5.32 Å². The van der Waals surface area contributed by atoms with Crippen LogP contribution in [0.2, 0.25) is 0 Å². The molecule has 17 heavy (non-hydrogen) atoms. The van der Waals surface area contributed by atoms with E-state index >= 15 is 0 Å². The zero-order valence-corrected chi connectivity index (χ0v) is 11.5. The number of ether oxygens (including phenoxy) is 2. The van der Waals surface area contributed by atoms with Gasteiger partial charge in [-0.1, -0.05) is 6.07 Å². The van der Waals surface area contributed by atoms with Gasteiger partial charge in [0.25, 0.3) is 0 Å².